The number of fused-ring (bicyclic) bond motifs is 1. The first-order chi connectivity index (χ1) is 8.16. The molecule has 3 heterocycles. The van der Waals surface area contributed by atoms with E-state index in [1.165, 1.54) is 12.8 Å². The lowest BCUT2D eigenvalue weighted by Crippen LogP contribution is -2.20. The molecule has 0 aliphatic carbocycles. The van der Waals surface area contributed by atoms with E-state index in [-0.39, 0.29) is 0 Å². The van der Waals surface area contributed by atoms with Crippen LogP contribution < -0.4 is 4.90 Å². The van der Waals surface area contributed by atoms with Crippen molar-refractivity contribution >= 4 is 32.8 Å². The lowest BCUT2D eigenvalue weighted by molar-refractivity contribution is 0.903. The monoisotopic (exact) mass is 294 g/mol. The zero-order valence-corrected chi connectivity index (χ0v) is 11.7. The minimum atomic E-state index is 0.841. The second-order valence-corrected chi connectivity index (χ2v) is 5.43. The molecule has 0 amide bonds. The summed E-state index contributed by atoms with van der Waals surface area (Å²) < 4.78 is 3.13. The molecule has 0 aromatic carbocycles. The molecule has 1 aliphatic heterocycles. The Morgan fingerprint density at radius 3 is 2.65 bits per heavy atom. The van der Waals surface area contributed by atoms with Gasteiger partial charge in [0.05, 0.1) is 5.39 Å². The predicted octanol–water partition coefficient (Wildman–Crippen LogP) is 2.64. The molecule has 0 spiro atoms. The Balaban J connectivity index is 2.28. The van der Waals surface area contributed by atoms with Gasteiger partial charge in [-0.3, -0.25) is 0 Å². The van der Waals surface area contributed by atoms with Gasteiger partial charge < -0.3 is 9.47 Å². The van der Waals surface area contributed by atoms with Crippen molar-refractivity contribution in [3.05, 3.63) is 16.5 Å². The first-order valence-electron chi connectivity index (χ1n) is 5.91. The average molecular weight is 295 g/mol. The van der Waals surface area contributed by atoms with Crippen LogP contribution in [0.4, 0.5) is 5.82 Å². The van der Waals surface area contributed by atoms with E-state index in [0.29, 0.717) is 0 Å². The SMILES string of the molecule is Cc1nc(N2CCCC2)c2c(Br)cn(C)c2n1. The van der Waals surface area contributed by atoms with Crippen LogP contribution in [0.1, 0.15) is 18.7 Å². The summed E-state index contributed by atoms with van der Waals surface area (Å²) in [4.78, 5) is 11.5. The van der Waals surface area contributed by atoms with E-state index in [2.05, 4.69) is 37.0 Å². The van der Waals surface area contributed by atoms with E-state index in [1.54, 1.807) is 0 Å². The van der Waals surface area contributed by atoms with Crippen molar-refractivity contribution in [3.8, 4) is 0 Å². The summed E-state index contributed by atoms with van der Waals surface area (Å²) in [5, 5.41) is 1.14. The largest absolute Gasteiger partial charge is 0.356 e. The van der Waals surface area contributed by atoms with Gasteiger partial charge in [0, 0.05) is 30.8 Å². The second-order valence-electron chi connectivity index (χ2n) is 4.58. The number of halogens is 1. The number of nitrogens with zero attached hydrogens (tertiary/aromatic N) is 4. The van der Waals surface area contributed by atoms with Crippen LogP contribution in [0, 0.1) is 6.92 Å². The molecule has 0 atom stereocenters. The van der Waals surface area contributed by atoms with Crippen molar-refractivity contribution < 1.29 is 0 Å². The van der Waals surface area contributed by atoms with Crippen LogP contribution in [0.3, 0.4) is 0 Å². The summed E-state index contributed by atoms with van der Waals surface area (Å²) in [5.41, 5.74) is 1.01. The number of anilines is 1. The highest BCUT2D eigenvalue weighted by molar-refractivity contribution is 9.10. The molecule has 2 aromatic heterocycles. The molecule has 1 saturated heterocycles. The van der Waals surface area contributed by atoms with Gasteiger partial charge in [-0.05, 0) is 35.7 Å². The van der Waals surface area contributed by atoms with E-state index < -0.39 is 0 Å². The highest BCUT2D eigenvalue weighted by Crippen LogP contribution is 2.33. The van der Waals surface area contributed by atoms with Crippen molar-refractivity contribution in [2.75, 3.05) is 18.0 Å². The fraction of sp³-hybridized carbons (Fsp3) is 0.500. The van der Waals surface area contributed by atoms with Gasteiger partial charge in [-0.2, -0.15) is 0 Å². The van der Waals surface area contributed by atoms with Gasteiger partial charge in [-0.1, -0.05) is 0 Å². The Morgan fingerprint density at radius 2 is 1.94 bits per heavy atom. The maximum absolute atomic E-state index is 4.63. The number of hydrogen-bond donors (Lipinski definition) is 0. The minimum absolute atomic E-state index is 0.841. The highest BCUT2D eigenvalue weighted by Gasteiger charge is 2.20. The summed E-state index contributed by atoms with van der Waals surface area (Å²) >= 11 is 3.61. The standard InChI is InChI=1S/C12H15BrN4/c1-8-14-11-10(9(13)7-16(11)2)12(15-8)17-5-3-4-6-17/h7H,3-6H2,1-2H3. The van der Waals surface area contributed by atoms with Crippen molar-refractivity contribution in [1.82, 2.24) is 14.5 Å². The molecule has 17 heavy (non-hydrogen) atoms. The van der Waals surface area contributed by atoms with Crippen molar-refractivity contribution in [2.24, 2.45) is 7.05 Å². The Kier molecular flexibility index (Phi) is 2.58. The van der Waals surface area contributed by atoms with E-state index in [0.717, 1.165) is 40.2 Å². The third-order valence-electron chi connectivity index (χ3n) is 3.27. The van der Waals surface area contributed by atoms with Crippen LogP contribution in [-0.4, -0.2) is 27.6 Å². The molecular formula is C12H15BrN4. The molecule has 0 radical (unpaired) electrons. The molecular weight excluding hydrogens is 280 g/mol. The van der Waals surface area contributed by atoms with Gasteiger partial charge in [0.2, 0.25) is 0 Å². The zero-order valence-electron chi connectivity index (χ0n) is 10.1. The van der Waals surface area contributed by atoms with Crippen LogP contribution >= 0.6 is 15.9 Å². The summed E-state index contributed by atoms with van der Waals surface area (Å²) in [6.45, 7) is 4.17. The lowest BCUT2D eigenvalue weighted by Gasteiger charge is -2.17. The fourth-order valence-corrected chi connectivity index (χ4v) is 3.13. The van der Waals surface area contributed by atoms with Gasteiger partial charge in [0.15, 0.2) is 0 Å². The number of aromatic nitrogens is 3. The van der Waals surface area contributed by atoms with E-state index in [9.17, 15) is 0 Å². The molecule has 1 aliphatic rings. The van der Waals surface area contributed by atoms with Gasteiger partial charge >= 0.3 is 0 Å². The summed E-state index contributed by atoms with van der Waals surface area (Å²) in [5.74, 6) is 1.92. The molecule has 0 bridgehead atoms. The Morgan fingerprint density at radius 1 is 1.24 bits per heavy atom. The highest BCUT2D eigenvalue weighted by atomic mass is 79.9. The first kappa shape index (κ1) is 11.0. The van der Waals surface area contributed by atoms with Gasteiger partial charge in [0.1, 0.15) is 17.3 Å². The van der Waals surface area contributed by atoms with E-state index in [1.807, 2.05) is 18.5 Å². The van der Waals surface area contributed by atoms with Crippen molar-refractivity contribution in [1.29, 1.82) is 0 Å². The van der Waals surface area contributed by atoms with Crippen LogP contribution in [0.5, 0.6) is 0 Å². The molecule has 4 nitrogen and oxygen atoms in total. The normalized spacial score (nSPS) is 16.1. The van der Waals surface area contributed by atoms with Crippen molar-refractivity contribution in [2.45, 2.75) is 19.8 Å². The van der Waals surface area contributed by atoms with Gasteiger partial charge in [0.25, 0.3) is 0 Å². The molecule has 3 rings (SSSR count). The third-order valence-corrected chi connectivity index (χ3v) is 3.87. The van der Waals surface area contributed by atoms with Crippen LogP contribution in [0.2, 0.25) is 0 Å². The molecule has 0 N–H and O–H groups in total. The van der Waals surface area contributed by atoms with Crippen molar-refractivity contribution in [3.63, 3.8) is 0 Å². The number of rotatable bonds is 1. The van der Waals surface area contributed by atoms with Crippen LogP contribution in [0.15, 0.2) is 10.7 Å². The lowest BCUT2D eigenvalue weighted by atomic mass is 10.3. The predicted molar refractivity (Wildman–Crippen MR) is 72.4 cm³/mol. The molecule has 5 heteroatoms. The smallest absolute Gasteiger partial charge is 0.146 e. The maximum Gasteiger partial charge on any atom is 0.146 e. The summed E-state index contributed by atoms with van der Waals surface area (Å²) in [6, 6.07) is 0. The molecule has 1 fully saturated rings. The summed E-state index contributed by atoms with van der Waals surface area (Å²) in [6.07, 6.45) is 4.57. The quantitative estimate of drug-likeness (QED) is 0.811. The second kappa shape index (κ2) is 3.98. The Labute approximate surface area is 109 Å². The average Bonchev–Trinajstić information content (AvgIpc) is 2.88. The first-order valence-corrected chi connectivity index (χ1v) is 6.70. The van der Waals surface area contributed by atoms with E-state index >= 15 is 0 Å². The number of aryl methyl sites for hydroxylation is 2. The Hall–Kier alpha value is -1.10. The fourth-order valence-electron chi connectivity index (χ4n) is 2.47. The van der Waals surface area contributed by atoms with E-state index in [4.69, 9.17) is 0 Å². The number of hydrogen-bond acceptors (Lipinski definition) is 3. The summed E-state index contributed by atoms with van der Waals surface area (Å²) in [7, 11) is 2.02. The van der Waals surface area contributed by atoms with Gasteiger partial charge in [-0.15, -0.1) is 0 Å². The molecule has 0 unspecified atom stereocenters. The third kappa shape index (κ3) is 1.73. The van der Waals surface area contributed by atoms with Crippen LogP contribution in [-0.2, 0) is 7.05 Å². The van der Waals surface area contributed by atoms with Gasteiger partial charge in [-0.25, -0.2) is 9.97 Å². The van der Waals surface area contributed by atoms with Crippen LogP contribution in [0.25, 0.3) is 11.0 Å². The molecule has 0 saturated carbocycles. The Bertz CT molecular complexity index is 569. The zero-order chi connectivity index (χ0) is 12.0. The molecule has 90 valence electrons. The molecule has 2 aromatic rings. The topological polar surface area (TPSA) is 34.0 Å². The minimum Gasteiger partial charge on any atom is -0.356 e. The maximum atomic E-state index is 4.63.